The molecule has 1 aromatic carbocycles. The minimum atomic E-state index is 0.327. The number of nitrogens with one attached hydrogen (secondary N) is 1. The van der Waals surface area contributed by atoms with E-state index in [1.54, 1.807) is 0 Å². The first kappa shape index (κ1) is 16.5. The average Bonchev–Trinajstić information content (AvgIpc) is 2.99. The van der Waals surface area contributed by atoms with Gasteiger partial charge in [0.05, 0.1) is 19.4 Å². The highest BCUT2D eigenvalue weighted by Gasteiger charge is 2.22. The molecule has 1 N–H and O–H groups in total. The minimum Gasteiger partial charge on any atom is -0.379 e. The molecule has 124 valence electrons. The predicted molar refractivity (Wildman–Crippen MR) is 91.5 cm³/mol. The number of aromatic nitrogens is 2. The smallest absolute Gasteiger partial charge is 0.0594 e. The summed E-state index contributed by atoms with van der Waals surface area (Å²) < 4.78 is 7.32. The zero-order chi connectivity index (χ0) is 16.1. The zero-order valence-electron chi connectivity index (χ0n) is 13.4. The van der Waals surface area contributed by atoms with Gasteiger partial charge in [0, 0.05) is 56.1 Å². The van der Waals surface area contributed by atoms with E-state index in [9.17, 15) is 0 Å². The van der Waals surface area contributed by atoms with Crippen LogP contribution in [0.1, 0.15) is 17.2 Å². The number of morpholine rings is 1. The zero-order valence-corrected chi connectivity index (χ0v) is 14.2. The molecule has 1 aliphatic rings. The Morgan fingerprint density at radius 1 is 1.26 bits per heavy atom. The molecule has 1 unspecified atom stereocenters. The summed E-state index contributed by atoms with van der Waals surface area (Å²) in [5.74, 6) is 0. The standard InChI is InChI=1S/C17H23ClN4O/c1-21-13-14(11-20-21)10-19-12-17(22-6-8-23-9-7-22)15-2-4-16(18)5-3-15/h2-5,11,13,17,19H,6-10,12H2,1H3. The molecule has 2 heterocycles. The third kappa shape index (κ3) is 4.54. The Balaban J connectivity index is 1.65. The molecule has 2 aromatic rings. The summed E-state index contributed by atoms with van der Waals surface area (Å²) in [6.45, 7) is 5.22. The quantitative estimate of drug-likeness (QED) is 0.879. The van der Waals surface area contributed by atoms with Crippen molar-refractivity contribution in [2.45, 2.75) is 12.6 Å². The van der Waals surface area contributed by atoms with Gasteiger partial charge < -0.3 is 10.1 Å². The second-order valence-corrected chi connectivity index (χ2v) is 6.31. The van der Waals surface area contributed by atoms with Crippen LogP contribution >= 0.6 is 11.6 Å². The molecular weight excluding hydrogens is 312 g/mol. The molecule has 0 bridgehead atoms. The Labute approximate surface area is 142 Å². The van der Waals surface area contributed by atoms with Crippen molar-refractivity contribution in [3.63, 3.8) is 0 Å². The number of nitrogens with zero attached hydrogens (tertiary/aromatic N) is 3. The van der Waals surface area contributed by atoms with E-state index in [0.717, 1.165) is 44.4 Å². The van der Waals surface area contributed by atoms with Gasteiger partial charge in [-0.2, -0.15) is 5.10 Å². The van der Waals surface area contributed by atoms with E-state index in [-0.39, 0.29) is 0 Å². The van der Waals surface area contributed by atoms with E-state index in [1.165, 1.54) is 11.1 Å². The lowest BCUT2D eigenvalue weighted by Crippen LogP contribution is -2.42. The summed E-state index contributed by atoms with van der Waals surface area (Å²) in [6.07, 6.45) is 3.94. The van der Waals surface area contributed by atoms with Crippen LogP contribution in [0.25, 0.3) is 0 Å². The van der Waals surface area contributed by atoms with Gasteiger partial charge >= 0.3 is 0 Å². The molecule has 1 saturated heterocycles. The topological polar surface area (TPSA) is 42.3 Å². The second kappa shape index (κ2) is 7.93. The van der Waals surface area contributed by atoms with Crippen molar-refractivity contribution in [1.82, 2.24) is 20.0 Å². The highest BCUT2D eigenvalue weighted by molar-refractivity contribution is 6.30. The van der Waals surface area contributed by atoms with Crippen LogP contribution in [-0.4, -0.2) is 47.5 Å². The van der Waals surface area contributed by atoms with Crippen molar-refractivity contribution in [2.75, 3.05) is 32.8 Å². The summed E-state index contributed by atoms with van der Waals surface area (Å²) in [4.78, 5) is 2.48. The fraction of sp³-hybridized carbons (Fsp3) is 0.471. The van der Waals surface area contributed by atoms with Gasteiger partial charge in [-0.25, -0.2) is 0 Å². The van der Waals surface area contributed by atoms with Crippen molar-refractivity contribution < 1.29 is 4.74 Å². The van der Waals surface area contributed by atoms with E-state index in [4.69, 9.17) is 16.3 Å². The van der Waals surface area contributed by atoms with Crippen molar-refractivity contribution in [3.8, 4) is 0 Å². The summed E-state index contributed by atoms with van der Waals surface area (Å²) in [5, 5.41) is 8.54. The minimum absolute atomic E-state index is 0.327. The number of ether oxygens (including phenoxy) is 1. The van der Waals surface area contributed by atoms with Gasteiger partial charge in [0.2, 0.25) is 0 Å². The van der Waals surface area contributed by atoms with Gasteiger partial charge in [0.1, 0.15) is 0 Å². The number of aryl methyl sites for hydroxylation is 1. The molecule has 0 aliphatic carbocycles. The van der Waals surface area contributed by atoms with Crippen LogP contribution in [0.2, 0.25) is 5.02 Å². The third-order valence-electron chi connectivity index (χ3n) is 4.17. The van der Waals surface area contributed by atoms with Gasteiger partial charge in [0.15, 0.2) is 0 Å². The Hall–Kier alpha value is -1.40. The van der Waals surface area contributed by atoms with Gasteiger partial charge in [-0.15, -0.1) is 0 Å². The van der Waals surface area contributed by atoms with Crippen LogP contribution in [0.3, 0.4) is 0 Å². The number of hydrogen-bond acceptors (Lipinski definition) is 4. The first-order valence-corrected chi connectivity index (χ1v) is 8.35. The fourth-order valence-electron chi connectivity index (χ4n) is 2.95. The summed E-state index contributed by atoms with van der Waals surface area (Å²) in [7, 11) is 1.94. The molecule has 1 atom stereocenters. The summed E-state index contributed by atoms with van der Waals surface area (Å²) in [5.41, 5.74) is 2.49. The molecule has 5 nitrogen and oxygen atoms in total. The molecule has 0 radical (unpaired) electrons. The Bertz CT molecular complexity index is 607. The molecule has 3 rings (SSSR count). The first-order valence-electron chi connectivity index (χ1n) is 7.98. The number of benzene rings is 1. The van der Waals surface area contributed by atoms with Crippen LogP contribution in [-0.2, 0) is 18.3 Å². The lowest BCUT2D eigenvalue weighted by Gasteiger charge is -2.35. The molecule has 0 saturated carbocycles. The fourth-order valence-corrected chi connectivity index (χ4v) is 3.07. The summed E-state index contributed by atoms with van der Waals surface area (Å²) in [6, 6.07) is 8.49. The first-order chi connectivity index (χ1) is 11.2. The molecule has 6 heteroatoms. The maximum absolute atomic E-state index is 6.03. The van der Waals surface area contributed by atoms with Crippen molar-refractivity contribution >= 4 is 11.6 Å². The molecule has 0 amide bonds. The number of hydrogen-bond donors (Lipinski definition) is 1. The van der Waals surface area contributed by atoms with Gasteiger partial charge in [-0.3, -0.25) is 9.58 Å². The van der Waals surface area contributed by atoms with Crippen LogP contribution in [0, 0.1) is 0 Å². The van der Waals surface area contributed by atoms with E-state index >= 15 is 0 Å². The van der Waals surface area contributed by atoms with Gasteiger partial charge in [-0.1, -0.05) is 23.7 Å². The highest BCUT2D eigenvalue weighted by Crippen LogP contribution is 2.23. The van der Waals surface area contributed by atoms with E-state index in [1.807, 2.05) is 36.3 Å². The lowest BCUT2D eigenvalue weighted by molar-refractivity contribution is 0.0161. The van der Waals surface area contributed by atoms with E-state index < -0.39 is 0 Å². The normalized spacial score (nSPS) is 17.3. The molecule has 1 aromatic heterocycles. The largest absolute Gasteiger partial charge is 0.379 e. The molecule has 1 aliphatic heterocycles. The Morgan fingerprint density at radius 2 is 2.00 bits per heavy atom. The molecule has 23 heavy (non-hydrogen) atoms. The third-order valence-corrected chi connectivity index (χ3v) is 4.42. The van der Waals surface area contributed by atoms with Crippen LogP contribution < -0.4 is 5.32 Å². The maximum Gasteiger partial charge on any atom is 0.0594 e. The van der Waals surface area contributed by atoms with E-state index in [0.29, 0.717) is 6.04 Å². The number of rotatable bonds is 6. The SMILES string of the molecule is Cn1cc(CNCC(c2ccc(Cl)cc2)N2CCOCC2)cn1. The van der Waals surface area contributed by atoms with Gasteiger partial charge in [-0.05, 0) is 17.7 Å². The Morgan fingerprint density at radius 3 is 2.65 bits per heavy atom. The lowest BCUT2D eigenvalue weighted by atomic mass is 10.0. The van der Waals surface area contributed by atoms with E-state index in [2.05, 4.69) is 27.4 Å². The van der Waals surface area contributed by atoms with Crippen LogP contribution in [0.15, 0.2) is 36.7 Å². The average molecular weight is 335 g/mol. The second-order valence-electron chi connectivity index (χ2n) is 5.87. The van der Waals surface area contributed by atoms with Crippen molar-refractivity contribution in [3.05, 3.63) is 52.8 Å². The van der Waals surface area contributed by atoms with Crippen LogP contribution in [0.5, 0.6) is 0 Å². The molecule has 0 spiro atoms. The number of halogens is 1. The Kier molecular flexibility index (Phi) is 5.67. The monoisotopic (exact) mass is 334 g/mol. The summed E-state index contributed by atoms with van der Waals surface area (Å²) >= 11 is 6.03. The van der Waals surface area contributed by atoms with Crippen molar-refractivity contribution in [1.29, 1.82) is 0 Å². The van der Waals surface area contributed by atoms with Gasteiger partial charge in [0.25, 0.3) is 0 Å². The van der Waals surface area contributed by atoms with Crippen molar-refractivity contribution in [2.24, 2.45) is 7.05 Å². The van der Waals surface area contributed by atoms with Crippen LogP contribution in [0.4, 0.5) is 0 Å². The maximum atomic E-state index is 6.03. The highest BCUT2D eigenvalue weighted by atomic mass is 35.5. The molecule has 1 fully saturated rings. The predicted octanol–water partition coefficient (Wildman–Crippen LogP) is 2.24. The molecular formula is C17H23ClN4O.